The van der Waals surface area contributed by atoms with Gasteiger partial charge in [-0.3, -0.25) is 0 Å². The van der Waals surface area contributed by atoms with Crippen LogP contribution in [0.3, 0.4) is 0 Å². The van der Waals surface area contributed by atoms with Crippen molar-refractivity contribution >= 4 is 5.97 Å². The van der Waals surface area contributed by atoms with Crippen LogP contribution in [0.5, 0.6) is 17.2 Å². The lowest BCUT2D eigenvalue weighted by molar-refractivity contribution is 0.0734. The highest BCUT2D eigenvalue weighted by Crippen LogP contribution is 2.43. The smallest absolute Gasteiger partial charge is 0.343 e. The molecule has 0 spiro atoms. The van der Waals surface area contributed by atoms with Gasteiger partial charge in [-0.25, -0.2) is 4.79 Å². The molecule has 0 aromatic heterocycles. The molecule has 3 aromatic carbocycles. The van der Waals surface area contributed by atoms with Crippen LogP contribution >= 0.6 is 0 Å². The van der Waals surface area contributed by atoms with Crippen LogP contribution in [0.1, 0.15) is 73.5 Å². The normalized spacial score (nSPS) is 14.8. The molecule has 1 aliphatic heterocycles. The van der Waals surface area contributed by atoms with Crippen LogP contribution in [0.4, 0.5) is 0 Å². The fourth-order valence-corrected chi connectivity index (χ4v) is 4.21. The number of carbonyl (C=O) groups is 1. The lowest BCUT2D eigenvalue weighted by Crippen LogP contribution is -2.21. The Morgan fingerprint density at radius 3 is 2.32 bits per heavy atom. The summed E-state index contributed by atoms with van der Waals surface area (Å²) in [5.41, 5.74) is 9.83. The number of nitriles is 1. The van der Waals surface area contributed by atoms with E-state index in [-0.39, 0.29) is 17.2 Å². The summed E-state index contributed by atoms with van der Waals surface area (Å²) in [6, 6.07) is 22.4. The van der Waals surface area contributed by atoms with E-state index in [2.05, 4.69) is 45.9 Å². The lowest BCUT2D eigenvalue weighted by Gasteiger charge is -2.27. The van der Waals surface area contributed by atoms with Gasteiger partial charge in [0, 0.05) is 11.6 Å². The number of unbranched alkanes of at least 4 members (excludes halogenated alkanes) is 1. The zero-order chi connectivity index (χ0) is 26.6. The first-order valence-electron chi connectivity index (χ1n) is 12.5. The Labute approximate surface area is 218 Å². The molecule has 37 heavy (non-hydrogen) atoms. The molecule has 0 amide bonds. The average Bonchev–Trinajstić information content (AvgIpc) is 2.88. The summed E-state index contributed by atoms with van der Waals surface area (Å²) >= 11 is 0. The van der Waals surface area contributed by atoms with Crippen LogP contribution in [0.25, 0.3) is 0 Å². The van der Waals surface area contributed by atoms with Crippen molar-refractivity contribution in [1.29, 1.82) is 5.26 Å². The Morgan fingerprint density at radius 1 is 1.03 bits per heavy atom. The number of allylic oxidation sites excluding steroid dienone is 1. The van der Waals surface area contributed by atoms with Crippen LogP contribution in [0.15, 0.2) is 78.2 Å². The maximum Gasteiger partial charge on any atom is 0.343 e. The fraction of sp³-hybridized carbons (Fsp3) is 0.290. The van der Waals surface area contributed by atoms with Crippen molar-refractivity contribution in [2.45, 2.75) is 51.9 Å². The molecule has 2 N–H and O–H groups in total. The number of fused-ring (bicyclic) bond motifs is 1. The quantitative estimate of drug-likeness (QED) is 0.225. The molecule has 0 aliphatic carbocycles. The van der Waals surface area contributed by atoms with Gasteiger partial charge in [0.1, 0.15) is 28.9 Å². The van der Waals surface area contributed by atoms with Gasteiger partial charge in [-0.1, -0.05) is 64.4 Å². The highest BCUT2D eigenvalue weighted by atomic mass is 16.5. The highest BCUT2D eigenvalue weighted by molar-refractivity contribution is 5.91. The van der Waals surface area contributed by atoms with E-state index in [0.717, 1.165) is 24.0 Å². The molecule has 1 aliphatic rings. The minimum Gasteiger partial charge on any atom is -0.494 e. The van der Waals surface area contributed by atoms with E-state index in [1.807, 2.05) is 18.2 Å². The Morgan fingerprint density at radius 2 is 1.70 bits per heavy atom. The predicted molar refractivity (Wildman–Crippen MR) is 143 cm³/mol. The summed E-state index contributed by atoms with van der Waals surface area (Å²) in [5, 5.41) is 9.84. The van der Waals surface area contributed by atoms with E-state index < -0.39 is 5.97 Å². The van der Waals surface area contributed by atoms with Gasteiger partial charge in [0.15, 0.2) is 0 Å². The lowest BCUT2D eigenvalue weighted by atomic mass is 9.81. The van der Waals surface area contributed by atoms with E-state index >= 15 is 0 Å². The van der Waals surface area contributed by atoms with Crippen LogP contribution in [0, 0.1) is 11.3 Å². The number of hydrogen-bond donors (Lipinski definition) is 1. The topological polar surface area (TPSA) is 94.6 Å². The molecular weight excluding hydrogens is 464 g/mol. The average molecular weight is 497 g/mol. The number of benzene rings is 3. The largest absolute Gasteiger partial charge is 0.494 e. The van der Waals surface area contributed by atoms with E-state index in [0.29, 0.717) is 35.0 Å². The summed E-state index contributed by atoms with van der Waals surface area (Å²) < 4.78 is 17.0. The molecule has 1 heterocycles. The zero-order valence-electron chi connectivity index (χ0n) is 21.7. The molecule has 1 atom stereocenters. The van der Waals surface area contributed by atoms with Crippen molar-refractivity contribution in [3.05, 3.63) is 100 Å². The molecule has 0 fully saturated rings. The van der Waals surface area contributed by atoms with Crippen molar-refractivity contribution in [3.8, 4) is 23.3 Å². The Kier molecular flexibility index (Phi) is 7.54. The third kappa shape index (κ3) is 5.78. The van der Waals surface area contributed by atoms with Crippen molar-refractivity contribution in [1.82, 2.24) is 0 Å². The SMILES string of the molecule is CCCCOc1ccc(C(=O)Oc2ccc3c(c2)OC(N)=C(C#N)C3c2ccc(C(C)(C)C)cc2)cc1. The van der Waals surface area contributed by atoms with Gasteiger partial charge < -0.3 is 19.9 Å². The molecule has 0 radical (unpaired) electrons. The maximum absolute atomic E-state index is 12.7. The van der Waals surface area contributed by atoms with Crippen LogP contribution in [0.2, 0.25) is 0 Å². The van der Waals surface area contributed by atoms with Gasteiger partial charge >= 0.3 is 5.97 Å². The summed E-state index contributed by atoms with van der Waals surface area (Å²) in [5.74, 6) is 0.652. The second-order valence-corrected chi connectivity index (χ2v) is 10.1. The van der Waals surface area contributed by atoms with E-state index in [9.17, 15) is 10.1 Å². The Hall–Kier alpha value is -4.24. The van der Waals surface area contributed by atoms with Crippen LogP contribution < -0.4 is 19.9 Å². The minimum atomic E-state index is -0.494. The third-order valence-corrected chi connectivity index (χ3v) is 6.37. The molecule has 4 rings (SSSR count). The zero-order valence-corrected chi connectivity index (χ0v) is 21.7. The Bertz CT molecular complexity index is 1340. The van der Waals surface area contributed by atoms with Crippen molar-refractivity contribution < 1.29 is 19.0 Å². The highest BCUT2D eigenvalue weighted by Gasteiger charge is 2.31. The number of nitrogens with two attached hydrogens (primary N) is 1. The standard InChI is InChI=1S/C31H32N2O4/c1-5-6-17-35-23-13-9-21(10-14-23)30(34)36-24-15-16-25-27(18-24)37-29(33)26(19-32)28(25)20-7-11-22(12-8-20)31(2,3)4/h7-16,18,28H,5-6,17,33H2,1-4H3. The Balaban J connectivity index is 1.56. The first-order valence-corrected chi connectivity index (χ1v) is 12.5. The number of hydrogen-bond acceptors (Lipinski definition) is 6. The number of esters is 1. The maximum atomic E-state index is 12.7. The molecule has 0 saturated heterocycles. The van der Waals surface area contributed by atoms with Crippen LogP contribution in [-0.4, -0.2) is 12.6 Å². The van der Waals surface area contributed by atoms with Gasteiger partial charge in [-0.05, 0) is 53.3 Å². The first-order chi connectivity index (χ1) is 17.7. The fourth-order valence-electron chi connectivity index (χ4n) is 4.21. The molecule has 0 bridgehead atoms. The molecule has 6 nitrogen and oxygen atoms in total. The monoisotopic (exact) mass is 496 g/mol. The molecule has 0 saturated carbocycles. The van der Waals surface area contributed by atoms with E-state index in [1.54, 1.807) is 36.4 Å². The van der Waals surface area contributed by atoms with Gasteiger partial charge in [0.05, 0.1) is 18.1 Å². The number of nitrogens with zero attached hydrogens (tertiary/aromatic N) is 1. The molecule has 1 unspecified atom stereocenters. The number of carbonyl (C=O) groups excluding carboxylic acids is 1. The summed E-state index contributed by atoms with van der Waals surface area (Å²) in [4.78, 5) is 12.7. The van der Waals surface area contributed by atoms with Crippen LogP contribution in [-0.2, 0) is 5.41 Å². The molecule has 6 heteroatoms. The van der Waals surface area contributed by atoms with Crippen molar-refractivity contribution in [2.24, 2.45) is 5.73 Å². The van der Waals surface area contributed by atoms with Gasteiger partial charge in [0.2, 0.25) is 5.88 Å². The summed E-state index contributed by atoms with van der Waals surface area (Å²) in [7, 11) is 0. The van der Waals surface area contributed by atoms with Crippen molar-refractivity contribution in [2.75, 3.05) is 6.61 Å². The first kappa shape index (κ1) is 25.8. The van der Waals surface area contributed by atoms with E-state index in [1.165, 1.54) is 5.56 Å². The van der Waals surface area contributed by atoms with E-state index in [4.69, 9.17) is 19.9 Å². The number of rotatable bonds is 7. The minimum absolute atomic E-state index is 0.0141. The third-order valence-electron chi connectivity index (χ3n) is 6.37. The predicted octanol–water partition coefficient (Wildman–Crippen LogP) is 6.60. The molecular formula is C31H32N2O4. The van der Waals surface area contributed by atoms with Gasteiger partial charge in [0.25, 0.3) is 0 Å². The van der Waals surface area contributed by atoms with Gasteiger partial charge in [-0.2, -0.15) is 5.26 Å². The summed E-state index contributed by atoms with van der Waals surface area (Å²) in [6.45, 7) is 9.21. The van der Waals surface area contributed by atoms with Gasteiger partial charge in [-0.15, -0.1) is 0 Å². The second-order valence-electron chi connectivity index (χ2n) is 10.1. The molecule has 3 aromatic rings. The molecule has 190 valence electrons. The van der Waals surface area contributed by atoms with Crippen molar-refractivity contribution in [3.63, 3.8) is 0 Å². The number of ether oxygens (including phenoxy) is 3. The second kappa shape index (κ2) is 10.8. The summed E-state index contributed by atoms with van der Waals surface area (Å²) in [6.07, 6.45) is 2.03.